The molecule has 0 spiro atoms. The van der Waals surface area contributed by atoms with Gasteiger partial charge in [0.15, 0.2) is 0 Å². The van der Waals surface area contributed by atoms with Crippen LogP contribution in [0.3, 0.4) is 0 Å². The van der Waals surface area contributed by atoms with E-state index in [0.717, 1.165) is 36.5 Å². The minimum Gasteiger partial charge on any atom is -0.370 e. The number of rotatable bonds is 6. The fraction of sp³-hybridized carbons (Fsp3) is 0.733. The van der Waals surface area contributed by atoms with Gasteiger partial charge in [0.2, 0.25) is 0 Å². The smallest absolute Gasteiger partial charge is 0.135 e. The first-order chi connectivity index (χ1) is 9.10. The van der Waals surface area contributed by atoms with E-state index in [1.165, 1.54) is 19.3 Å². The third kappa shape index (κ3) is 3.58. The number of hydrogen-bond acceptors (Lipinski definition) is 4. The van der Waals surface area contributed by atoms with Crippen molar-refractivity contribution in [3.63, 3.8) is 0 Å². The number of anilines is 2. The Hall–Kier alpha value is -1.32. The monoisotopic (exact) mass is 262 g/mol. The van der Waals surface area contributed by atoms with Gasteiger partial charge in [-0.15, -0.1) is 0 Å². The van der Waals surface area contributed by atoms with Gasteiger partial charge in [-0.1, -0.05) is 20.3 Å². The summed E-state index contributed by atoms with van der Waals surface area (Å²) in [6, 6.07) is 2.06. The summed E-state index contributed by atoms with van der Waals surface area (Å²) in [5, 5.41) is 3.30. The fourth-order valence-corrected chi connectivity index (χ4v) is 2.33. The van der Waals surface area contributed by atoms with Crippen LogP contribution >= 0.6 is 0 Å². The van der Waals surface area contributed by atoms with Crippen LogP contribution < -0.4 is 10.2 Å². The normalized spacial score (nSPS) is 15.4. The lowest BCUT2D eigenvalue weighted by Crippen LogP contribution is -2.30. The van der Waals surface area contributed by atoms with Gasteiger partial charge in [0.1, 0.15) is 17.5 Å². The van der Waals surface area contributed by atoms with Crippen molar-refractivity contribution in [3.05, 3.63) is 11.9 Å². The predicted molar refractivity (Wildman–Crippen MR) is 80.9 cm³/mol. The zero-order chi connectivity index (χ0) is 13.8. The first-order valence-corrected chi connectivity index (χ1v) is 7.44. The van der Waals surface area contributed by atoms with Gasteiger partial charge < -0.3 is 10.2 Å². The Morgan fingerprint density at radius 2 is 2.11 bits per heavy atom. The molecular formula is C15H26N4. The molecule has 1 heterocycles. The molecule has 19 heavy (non-hydrogen) atoms. The van der Waals surface area contributed by atoms with Crippen LogP contribution in [0.25, 0.3) is 0 Å². The summed E-state index contributed by atoms with van der Waals surface area (Å²) in [5.74, 6) is 4.12. The highest BCUT2D eigenvalue weighted by Crippen LogP contribution is 2.28. The van der Waals surface area contributed by atoms with E-state index in [9.17, 15) is 0 Å². The van der Waals surface area contributed by atoms with Crippen molar-refractivity contribution in [2.24, 2.45) is 5.92 Å². The first kappa shape index (κ1) is 14.1. The average molecular weight is 262 g/mol. The summed E-state index contributed by atoms with van der Waals surface area (Å²) in [4.78, 5) is 11.5. The SMILES string of the molecule is CCNc1cc(N(C)CC2CCC2)nc(C(C)C)n1. The lowest BCUT2D eigenvalue weighted by atomic mass is 9.85. The Labute approximate surface area is 116 Å². The quantitative estimate of drug-likeness (QED) is 0.854. The summed E-state index contributed by atoms with van der Waals surface area (Å²) in [5.41, 5.74) is 0. The molecule has 1 fully saturated rings. The fourth-order valence-electron chi connectivity index (χ4n) is 2.33. The minimum atomic E-state index is 0.356. The molecule has 1 aromatic heterocycles. The maximum Gasteiger partial charge on any atom is 0.135 e. The molecular weight excluding hydrogens is 236 g/mol. The molecule has 0 aromatic carbocycles. The number of nitrogens with one attached hydrogen (secondary N) is 1. The lowest BCUT2D eigenvalue weighted by molar-refractivity contribution is 0.321. The molecule has 0 amide bonds. The van der Waals surface area contributed by atoms with Gasteiger partial charge >= 0.3 is 0 Å². The molecule has 1 aromatic rings. The zero-order valence-electron chi connectivity index (χ0n) is 12.6. The van der Waals surface area contributed by atoms with Gasteiger partial charge in [-0.3, -0.25) is 0 Å². The van der Waals surface area contributed by atoms with Crippen molar-refractivity contribution in [2.75, 3.05) is 30.4 Å². The van der Waals surface area contributed by atoms with Crippen molar-refractivity contribution >= 4 is 11.6 Å². The summed E-state index contributed by atoms with van der Waals surface area (Å²) >= 11 is 0. The molecule has 4 heteroatoms. The number of aromatic nitrogens is 2. The highest BCUT2D eigenvalue weighted by Gasteiger charge is 2.20. The van der Waals surface area contributed by atoms with E-state index in [1.807, 2.05) is 0 Å². The molecule has 0 saturated heterocycles. The highest BCUT2D eigenvalue weighted by molar-refractivity contribution is 5.49. The Kier molecular flexibility index (Phi) is 4.61. The van der Waals surface area contributed by atoms with Gasteiger partial charge in [-0.2, -0.15) is 0 Å². The molecule has 1 aliphatic carbocycles. The van der Waals surface area contributed by atoms with Gasteiger partial charge in [0, 0.05) is 32.1 Å². The molecule has 1 aliphatic rings. The molecule has 0 atom stereocenters. The maximum absolute atomic E-state index is 4.70. The van der Waals surface area contributed by atoms with E-state index in [0.29, 0.717) is 5.92 Å². The van der Waals surface area contributed by atoms with Crippen LogP contribution in [0, 0.1) is 5.92 Å². The molecule has 1 saturated carbocycles. The zero-order valence-corrected chi connectivity index (χ0v) is 12.6. The Morgan fingerprint density at radius 3 is 2.63 bits per heavy atom. The van der Waals surface area contributed by atoms with E-state index in [2.05, 4.69) is 49.1 Å². The Balaban J connectivity index is 2.16. The predicted octanol–water partition coefficient (Wildman–Crippen LogP) is 3.27. The first-order valence-electron chi connectivity index (χ1n) is 7.44. The highest BCUT2D eigenvalue weighted by atomic mass is 15.2. The summed E-state index contributed by atoms with van der Waals surface area (Å²) in [6.07, 6.45) is 4.13. The summed E-state index contributed by atoms with van der Waals surface area (Å²) < 4.78 is 0. The Morgan fingerprint density at radius 1 is 1.37 bits per heavy atom. The van der Waals surface area contributed by atoms with Gasteiger partial charge in [-0.25, -0.2) is 9.97 Å². The molecule has 0 bridgehead atoms. The molecule has 1 N–H and O–H groups in total. The Bertz CT molecular complexity index is 413. The number of hydrogen-bond donors (Lipinski definition) is 1. The standard InChI is InChI=1S/C15H26N4/c1-5-16-13-9-14(18-15(17-13)11(2)3)19(4)10-12-7-6-8-12/h9,11-12H,5-8,10H2,1-4H3,(H,16,17,18). The third-order valence-corrected chi connectivity index (χ3v) is 3.75. The van der Waals surface area contributed by atoms with Crippen LogP contribution in [0.1, 0.15) is 51.8 Å². The van der Waals surface area contributed by atoms with Gasteiger partial charge in [-0.05, 0) is 25.7 Å². The maximum atomic E-state index is 4.70. The van der Waals surface area contributed by atoms with Crippen LogP contribution in [0.15, 0.2) is 6.07 Å². The van der Waals surface area contributed by atoms with Crippen LogP contribution in [0.5, 0.6) is 0 Å². The van der Waals surface area contributed by atoms with E-state index < -0.39 is 0 Å². The second-order valence-electron chi connectivity index (χ2n) is 5.83. The molecule has 0 aliphatic heterocycles. The van der Waals surface area contributed by atoms with Crippen molar-refractivity contribution in [3.8, 4) is 0 Å². The van der Waals surface area contributed by atoms with Crippen LogP contribution in [-0.4, -0.2) is 30.1 Å². The van der Waals surface area contributed by atoms with Crippen LogP contribution in [0.2, 0.25) is 0 Å². The largest absolute Gasteiger partial charge is 0.370 e. The second kappa shape index (κ2) is 6.22. The lowest BCUT2D eigenvalue weighted by Gasteiger charge is -2.31. The van der Waals surface area contributed by atoms with Crippen LogP contribution in [0.4, 0.5) is 11.6 Å². The average Bonchev–Trinajstić information content (AvgIpc) is 2.33. The van der Waals surface area contributed by atoms with E-state index in [4.69, 9.17) is 4.98 Å². The van der Waals surface area contributed by atoms with Crippen LogP contribution in [-0.2, 0) is 0 Å². The second-order valence-corrected chi connectivity index (χ2v) is 5.83. The molecule has 0 unspecified atom stereocenters. The summed E-state index contributed by atoms with van der Waals surface area (Å²) in [7, 11) is 2.14. The molecule has 2 rings (SSSR count). The molecule has 4 nitrogen and oxygen atoms in total. The van der Waals surface area contributed by atoms with Gasteiger partial charge in [0.25, 0.3) is 0 Å². The minimum absolute atomic E-state index is 0.356. The van der Waals surface area contributed by atoms with Crippen molar-refractivity contribution in [1.82, 2.24) is 9.97 Å². The van der Waals surface area contributed by atoms with Gasteiger partial charge in [0.05, 0.1) is 0 Å². The topological polar surface area (TPSA) is 41.0 Å². The van der Waals surface area contributed by atoms with Crippen molar-refractivity contribution in [1.29, 1.82) is 0 Å². The van der Waals surface area contributed by atoms with Crippen molar-refractivity contribution < 1.29 is 0 Å². The van der Waals surface area contributed by atoms with E-state index in [-0.39, 0.29) is 0 Å². The number of nitrogens with zero attached hydrogens (tertiary/aromatic N) is 3. The third-order valence-electron chi connectivity index (χ3n) is 3.75. The van der Waals surface area contributed by atoms with E-state index in [1.54, 1.807) is 0 Å². The summed E-state index contributed by atoms with van der Waals surface area (Å²) in [6.45, 7) is 8.37. The van der Waals surface area contributed by atoms with E-state index >= 15 is 0 Å². The molecule has 0 radical (unpaired) electrons. The molecule has 106 valence electrons. The van der Waals surface area contributed by atoms with Crippen molar-refractivity contribution in [2.45, 2.75) is 46.0 Å².